The van der Waals surface area contributed by atoms with Gasteiger partial charge in [0.25, 0.3) is 0 Å². The van der Waals surface area contributed by atoms with Crippen LogP contribution in [0.5, 0.6) is 0 Å². The Morgan fingerprint density at radius 3 is 2.08 bits per heavy atom. The normalized spacial score (nSPS) is 11.1. The Balaban J connectivity index is 1.56. The molecule has 0 N–H and O–H groups in total. The van der Waals surface area contributed by atoms with Crippen molar-refractivity contribution in [2.45, 2.75) is 76.3 Å². The van der Waals surface area contributed by atoms with E-state index in [0.717, 1.165) is 22.3 Å². The zero-order valence-electron chi connectivity index (χ0n) is 15.9. The molecule has 1 aromatic carbocycles. The zero-order valence-corrected chi connectivity index (χ0v) is 16.7. The largest absolute Gasteiger partial charge is 0.243 e. The standard InChI is InChI=1S/C21H33N3S/c1-3-4-5-6-7-8-9-10-11-15-18-25-21-22-20(23-24(21)2)19-16-13-12-14-17-19/h12-14,16-17H,3-11,15,18H2,1-2H3. The molecule has 4 heteroatoms. The van der Waals surface area contributed by atoms with Crippen molar-refractivity contribution >= 4 is 11.8 Å². The summed E-state index contributed by atoms with van der Waals surface area (Å²) in [5.41, 5.74) is 1.09. The minimum absolute atomic E-state index is 0.827. The first-order valence-electron chi connectivity index (χ1n) is 9.90. The van der Waals surface area contributed by atoms with Crippen molar-refractivity contribution in [3.8, 4) is 11.4 Å². The molecular formula is C21H33N3S. The predicted molar refractivity (Wildman–Crippen MR) is 109 cm³/mol. The highest BCUT2D eigenvalue weighted by molar-refractivity contribution is 7.99. The fourth-order valence-corrected chi connectivity index (χ4v) is 3.87. The number of nitrogens with zero attached hydrogens (tertiary/aromatic N) is 3. The summed E-state index contributed by atoms with van der Waals surface area (Å²) < 4.78 is 1.91. The lowest BCUT2D eigenvalue weighted by molar-refractivity contribution is 0.563. The van der Waals surface area contributed by atoms with Gasteiger partial charge in [-0.05, 0) is 6.42 Å². The number of rotatable bonds is 13. The molecular weight excluding hydrogens is 326 g/mol. The average molecular weight is 360 g/mol. The minimum Gasteiger partial charge on any atom is -0.243 e. The molecule has 25 heavy (non-hydrogen) atoms. The van der Waals surface area contributed by atoms with Gasteiger partial charge < -0.3 is 0 Å². The summed E-state index contributed by atoms with van der Waals surface area (Å²) in [6, 6.07) is 10.2. The molecule has 0 atom stereocenters. The molecule has 0 saturated carbocycles. The molecule has 138 valence electrons. The van der Waals surface area contributed by atoms with E-state index in [1.54, 1.807) is 0 Å². The molecule has 2 rings (SSSR count). The maximum atomic E-state index is 4.68. The number of aromatic nitrogens is 3. The van der Waals surface area contributed by atoms with Crippen LogP contribution in [0.25, 0.3) is 11.4 Å². The highest BCUT2D eigenvalue weighted by Gasteiger charge is 2.09. The summed E-state index contributed by atoms with van der Waals surface area (Å²) in [5, 5.41) is 5.56. The van der Waals surface area contributed by atoms with Crippen molar-refractivity contribution < 1.29 is 0 Å². The summed E-state index contributed by atoms with van der Waals surface area (Å²) in [7, 11) is 1.99. The van der Waals surface area contributed by atoms with E-state index in [4.69, 9.17) is 0 Å². The van der Waals surface area contributed by atoms with E-state index < -0.39 is 0 Å². The summed E-state index contributed by atoms with van der Waals surface area (Å²) in [4.78, 5) is 4.68. The van der Waals surface area contributed by atoms with Crippen LogP contribution in [0.3, 0.4) is 0 Å². The van der Waals surface area contributed by atoms with Gasteiger partial charge in [-0.1, -0.05) is 107 Å². The SMILES string of the molecule is CCCCCCCCCCCCSc1nc(-c2ccccc2)nn1C. The van der Waals surface area contributed by atoms with E-state index in [1.807, 2.05) is 41.7 Å². The summed E-state index contributed by atoms with van der Waals surface area (Å²) in [6.07, 6.45) is 13.8. The highest BCUT2D eigenvalue weighted by atomic mass is 32.2. The Bertz CT molecular complexity index is 580. The van der Waals surface area contributed by atoms with Gasteiger partial charge in [0.2, 0.25) is 0 Å². The van der Waals surface area contributed by atoms with Crippen molar-refractivity contribution in [3.05, 3.63) is 30.3 Å². The molecule has 1 heterocycles. The molecule has 0 spiro atoms. The Kier molecular flexibility index (Phi) is 9.71. The van der Waals surface area contributed by atoms with E-state index in [1.165, 1.54) is 64.2 Å². The van der Waals surface area contributed by atoms with Crippen molar-refractivity contribution in [1.82, 2.24) is 14.8 Å². The Morgan fingerprint density at radius 1 is 0.840 bits per heavy atom. The third-order valence-electron chi connectivity index (χ3n) is 4.48. The third-order valence-corrected chi connectivity index (χ3v) is 5.59. The average Bonchev–Trinajstić information content (AvgIpc) is 3.01. The van der Waals surface area contributed by atoms with Gasteiger partial charge >= 0.3 is 0 Å². The number of hydrogen-bond acceptors (Lipinski definition) is 3. The van der Waals surface area contributed by atoms with Gasteiger partial charge in [-0.2, -0.15) is 5.10 Å². The smallest absolute Gasteiger partial charge is 0.186 e. The molecule has 0 unspecified atom stereocenters. The van der Waals surface area contributed by atoms with Crippen LogP contribution in [0.2, 0.25) is 0 Å². The second kappa shape index (κ2) is 12.1. The second-order valence-electron chi connectivity index (χ2n) is 6.74. The topological polar surface area (TPSA) is 30.7 Å². The molecule has 0 aliphatic heterocycles. The van der Waals surface area contributed by atoms with E-state index in [9.17, 15) is 0 Å². The number of aryl methyl sites for hydroxylation is 1. The zero-order chi connectivity index (χ0) is 17.7. The van der Waals surface area contributed by atoms with Crippen molar-refractivity contribution in [2.75, 3.05) is 5.75 Å². The Morgan fingerprint density at radius 2 is 1.44 bits per heavy atom. The maximum absolute atomic E-state index is 4.68. The monoisotopic (exact) mass is 359 g/mol. The van der Waals surface area contributed by atoms with Gasteiger partial charge in [-0.25, -0.2) is 9.67 Å². The van der Waals surface area contributed by atoms with Crippen LogP contribution in [0.4, 0.5) is 0 Å². The van der Waals surface area contributed by atoms with Crippen LogP contribution in [-0.2, 0) is 7.05 Å². The van der Waals surface area contributed by atoms with Gasteiger partial charge in [0.1, 0.15) is 0 Å². The van der Waals surface area contributed by atoms with E-state index in [2.05, 4.69) is 29.1 Å². The molecule has 0 saturated heterocycles. The lowest BCUT2D eigenvalue weighted by Gasteiger charge is -2.02. The van der Waals surface area contributed by atoms with Gasteiger partial charge in [0.05, 0.1) is 0 Å². The minimum atomic E-state index is 0.827. The predicted octanol–water partition coefficient (Wildman–Crippen LogP) is 6.50. The van der Waals surface area contributed by atoms with Crippen molar-refractivity contribution in [3.63, 3.8) is 0 Å². The second-order valence-corrected chi connectivity index (χ2v) is 7.80. The molecule has 0 radical (unpaired) electrons. The Labute approximate surface area is 157 Å². The fourth-order valence-electron chi connectivity index (χ4n) is 2.96. The van der Waals surface area contributed by atoms with E-state index in [-0.39, 0.29) is 0 Å². The fraction of sp³-hybridized carbons (Fsp3) is 0.619. The van der Waals surface area contributed by atoms with Crippen molar-refractivity contribution in [1.29, 1.82) is 0 Å². The quantitative estimate of drug-likeness (QED) is 0.302. The van der Waals surface area contributed by atoms with Crippen LogP contribution in [0, 0.1) is 0 Å². The number of thioether (sulfide) groups is 1. The molecule has 2 aromatic rings. The molecule has 0 amide bonds. The molecule has 1 aromatic heterocycles. The first-order chi connectivity index (χ1) is 12.3. The van der Waals surface area contributed by atoms with Crippen LogP contribution < -0.4 is 0 Å². The lowest BCUT2D eigenvalue weighted by atomic mass is 10.1. The number of hydrogen-bond donors (Lipinski definition) is 0. The van der Waals surface area contributed by atoms with E-state index >= 15 is 0 Å². The molecule has 0 aliphatic rings. The summed E-state index contributed by atoms with van der Waals surface area (Å²) >= 11 is 1.83. The van der Waals surface area contributed by atoms with E-state index in [0.29, 0.717) is 0 Å². The van der Waals surface area contributed by atoms with Crippen molar-refractivity contribution in [2.24, 2.45) is 7.05 Å². The molecule has 0 bridgehead atoms. The number of unbranched alkanes of at least 4 members (excludes halogenated alkanes) is 9. The van der Waals surface area contributed by atoms with Crippen LogP contribution in [0.1, 0.15) is 71.1 Å². The summed E-state index contributed by atoms with van der Waals surface area (Å²) in [6.45, 7) is 2.28. The van der Waals surface area contributed by atoms with Crippen LogP contribution >= 0.6 is 11.8 Å². The first kappa shape index (κ1) is 20.0. The first-order valence-corrected chi connectivity index (χ1v) is 10.9. The number of benzene rings is 1. The van der Waals surface area contributed by atoms with Gasteiger partial charge in [-0.15, -0.1) is 0 Å². The maximum Gasteiger partial charge on any atom is 0.186 e. The van der Waals surface area contributed by atoms with Gasteiger partial charge in [-0.3, -0.25) is 0 Å². The van der Waals surface area contributed by atoms with Gasteiger partial charge in [0, 0.05) is 18.4 Å². The molecule has 3 nitrogen and oxygen atoms in total. The lowest BCUT2D eigenvalue weighted by Crippen LogP contribution is -1.94. The van der Waals surface area contributed by atoms with Crippen LogP contribution in [-0.4, -0.2) is 20.5 Å². The van der Waals surface area contributed by atoms with Gasteiger partial charge in [0.15, 0.2) is 11.0 Å². The molecule has 0 fully saturated rings. The molecule has 0 aliphatic carbocycles. The summed E-state index contributed by atoms with van der Waals surface area (Å²) in [5.74, 6) is 1.96. The highest BCUT2D eigenvalue weighted by Crippen LogP contribution is 2.22. The third kappa shape index (κ3) is 7.64. The Hall–Kier alpha value is -1.29. The van der Waals surface area contributed by atoms with Crippen LogP contribution in [0.15, 0.2) is 35.5 Å².